The van der Waals surface area contributed by atoms with Gasteiger partial charge in [0.05, 0.1) is 5.60 Å². The van der Waals surface area contributed by atoms with E-state index in [-0.39, 0.29) is 17.8 Å². The highest BCUT2D eigenvalue weighted by atomic mass is 19.1. The maximum atomic E-state index is 13.5. The van der Waals surface area contributed by atoms with E-state index in [1.165, 1.54) is 6.07 Å². The number of nitrogens with two attached hydrogens (primary N) is 1. The molecule has 0 radical (unpaired) electrons. The largest absolute Gasteiger partial charge is 0.398 e. The number of carbonyl (C=O) groups excluding carboxylic acids is 1. The van der Waals surface area contributed by atoms with Crippen molar-refractivity contribution in [3.05, 3.63) is 29.1 Å². The van der Waals surface area contributed by atoms with E-state index in [4.69, 9.17) is 10.5 Å². The van der Waals surface area contributed by atoms with Crippen molar-refractivity contribution in [1.82, 2.24) is 5.32 Å². The monoisotopic (exact) mass is 282 g/mol. The Kier molecular flexibility index (Phi) is 4.25. The number of carbonyl (C=O) groups is 1. The average molecular weight is 282 g/mol. The number of ether oxygens (including phenoxy) is 1. The summed E-state index contributed by atoms with van der Waals surface area (Å²) in [4.78, 5) is 12.0. The maximum Gasteiger partial charge on any atom is 0.251 e. The van der Waals surface area contributed by atoms with Crippen molar-refractivity contribution >= 4 is 11.6 Å². The molecule has 0 aromatic heterocycles. The molecular weight excluding hydrogens is 263 g/mol. The molecule has 0 saturated carbocycles. The predicted molar refractivity (Wildman–Crippen MR) is 72.9 cm³/mol. The summed E-state index contributed by atoms with van der Waals surface area (Å²) in [6, 6.07) is 2.58. The number of nitrogens with one attached hydrogen (secondary N) is 1. The number of rotatable bonds is 3. The van der Waals surface area contributed by atoms with Crippen molar-refractivity contribution in [1.29, 1.82) is 0 Å². The fourth-order valence-electron chi connectivity index (χ4n) is 2.11. The third-order valence-electron chi connectivity index (χ3n) is 3.65. The zero-order valence-electron chi connectivity index (χ0n) is 11.4. The van der Waals surface area contributed by atoms with Crippen molar-refractivity contribution in [2.24, 2.45) is 0 Å². The Morgan fingerprint density at radius 3 is 2.75 bits per heavy atom. The van der Waals surface area contributed by atoms with Crippen molar-refractivity contribution < 1.29 is 19.0 Å². The maximum absolute atomic E-state index is 13.5. The van der Waals surface area contributed by atoms with Gasteiger partial charge in [-0.15, -0.1) is 0 Å². The zero-order chi connectivity index (χ0) is 14.8. The van der Waals surface area contributed by atoms with Gasteiger partial charge in [0.2, 0.25) is 0 Å². The first-order chi connectivity index (χ1) is 9.41. The first kappa shape index (κ1) is 14.7. The van der Waals surface area contributed by atoms with E-state index in [0.29, 0.717) is 31.6 Å². The summed E-state index contributed by atoms with van der Waals surface area (Å²) in [5.41, 5.74) is 5.40. The third-order valence-corrected chi connectivity index (χ3v) is 3.65. The molecule has 2 rings (SSSR count). The summed E-state index contributed by atoms with van der Waals surface area (Å²) in [5.74, 6) is -0.963. The molecule has 0 unspecified atom stereocenters. The molecule has 110 valence electrons. The highest BCUT2D eigenvalue weighted by molar-refractivity contribution is 5.95. The van der Waals surface area contributed by atoms with Crippen LogP contribution in [0.25, 0.3) is 0 Å². The van der Waals surface area contributed by atoms with E-state index in [2.05, 4.69) is 5.32 Å². The summed E-state index contributed by atoms with van der Waals surface area (Å²) in [6.45, 7) is 2.61. The summed E-state index contributed by atoms with van der Waals surface area (Å²) in [5, 5.41) is 12.8. The minimum atomic E-state index is -0.956. The van der Waals surface area contributed by atoms with Gasteiger partial charge in [-0.3, -0.25) is 4.79 Å². The van der Waals surface area contributed by atoms with Gasteiger partial charge in [-0.1, -0.05) is 0 Å². The Morgan fingerprint density at radius 1 is 1.50 bits per heavy atom. The van der Waals surface area contributed by atoms with Gasteiger partial charge in [-0.2, -0.15) is 0 Å². The van der Waals surface area contributed by atoms with Gasteiger partial charge < -0.3 is 20.9 Å². The van der Waals surface area contributed by atoms with E-state index < -0.39 is 17.3 Å². The Balaban J connectivity index is 2.01. The van der Waals surface area contributed by atoms with Crippen molar-refractivity contribution in [2.45, 2.75) is 25.4 Å². The molecule has 1 aliphatic heterocycles. The number of hydrogen-bond acceptors (Lipinski definition) is 4. The van der Waals surface area contributed by atoms with Crippen molar-refractivity contribution in [3.63, 3.8) is 0 Å². The quantitative estimate of drug-likeness (QED) is 0.722. The molecule has 0 atom stereocenters. The molecule has 1 fully saturated rings. The molecule has 0 bridgehead atoms. The van der Waals surface area contributed by atoms with Gasteiger partial charge in [-0.05, 0) is 19.1 Å². The Morgan fingerprint density at radius 2 is 2.15 bits per heavy atom. The van der Waals surface area contributed by atoms with Crippen LogP contribution in [0.4, 0.5) is 10.1 Å². The molecule has 1 aromatic rings. The second-order valence-corrected chi connectivity index (χ2v) is 5.19. The normalized spacial score (nSPS) is 17.8. The molecule has 1 saturated heterocycles. The Labute approximate surface area is 116 Å². The number of hydrogen-bond donors (Lipinski definition) is 3. The SMILES string of the molecule is Cc1c(N)cc(C(=O)NCC2(O)CCOCC2)cc1F. The predicted octanol–water partition coefficient (Wildman–Crippen LogP) is 0.988. The molecular formula is C14H19FN2O3. The molecule has 1 heterocycles. The molecule has 4 N–H and O–H groups in total. The van der Waals surface area contributed by atoms with E-state index in [9.17, 15) is 14.3 Å². The smallest absolute Gasteiger partial charge is 0.251 e. The van der Waals surface area contributed by atoms with Gasteiger partial charge in [0.25, 0.3) is 5.91 Å². The summed E-state index contributed by atoms with van der Waals surface area (Å²) in [7, 11) is 0. The van der Waals surface area contributed by atoms with E-state index in [1.54, 1.807) is 6.92 Å². The van der Waals surface area contributed by atoms with Gasteiger partial charge >= 0.3 is 0 Å². The lowest BCUT2D eigenvalue weighted by Gasteiger charge is -2.32. The molecule has 5 nitrogen and oxygen atoms in total. The minimum Gasteiger partial charge on any atom is -0.398 e. The van der Waals surface area contributed by atoms with Crippen LogP contribution in [-0.4, -0.2) is 36.4 Å². The number of nitrogen functional groups attached to an aromatic ring is 1. The van der Waals surface area contributed by atoms with Crippen molar-refractivity contribution in [2.75, 3.05) is 25.5 Å². The van der Waals surface area contributed by atoms with Crippen LogP contribution in [0.3, 0.4) is 0 Å². The molecule has 0 spiro atoms. The standard InChI is InChI=1S/C14H19FN2O3/c1-9-11(15)6-10(7-12(9)16)13(18)17-8-14(19)2-4-20-5-3-14/h6-7,19H,2-5,8,16H2,1H3,(H,17,18). The van der Waals surface area contributed by atoms with Crippen LogP contribution in [0.1, 0.15) is 28.8 Å². The molecule has 1 aromatic carbocycles. The highest BCUT2D eigenvalue weighted by Gasteiger charge is 2.30. The summed E-state index contributed by atoms with van der Waals surface area (Å²) >= 11 is 0. The Hall–Kier alpha value is -1.66. The van der Waals surface area contributed by atoms with Crippen LogP contribution >= 0.6 is 0 Å². The van der Waals surface area contributed by atoms with Gasteiger partial charge in [0.15, 0.2) is 0 Å². The molecule has 6 heteroatoms. The number of aliphatic hydroxyl groups is 1. The topological polar surface area (TPSA) is 84.6 Å². The van der Waals surface area contributed by atoms with Gasteiger partial charge in [0, 0.05) is 49.4 Å². The van der Waals surface area contributed by atoms with Gasteiger partial charge in [-0.25, -0.2) is 4.39 Å². The Bertz CT molecular complexity index is 490. The molecule has 1 aliphatic rings. The lowest BCUT2D eigenvalue weighted by Crippen LogP contribution is -2.46. The van der Waals surface area contributed by atoms with Crippen LogP contribution in [-0.2, 0) is 4.74 Å². The fourth-order valence-corrected chi connectivity index (χ4v) is 2.11. The molecule has 1 amide bonds. The van der Waals surface area contributed by atoms with E-state index in [1.807, 2.05) is 0 Å². The summed E-state index contributed by atoms with van der Waals surface area (Å²) in [6.07, 6.45) is 0.940. The second kappa shape index (κ2) is 5.76. The minimum absolute atomic E-state index is 0.116. The van der Waals surface area contributed by atoms with Crippen LogP contribution in [0.2, 0.25) is 0 Å². The van der Waals surface area contributed by atoms with Gasteiger partial charge in [0.1, 0.15) is 5.82 Å². The number of amides is 1. The van der Waals surface area contributed by atoms with Crippen LogP contribution < -0.4 is 11.1 Å². The van der Waals surface area contributed by atoms with Crippen molar-refractivity contribution in [3.8, 4) is 0 Å². The first-order valence-electron chi connectivity index (χ1n) is 6.55. The number of benzene rings is 1. The molecule has 0 aliphatic carbocycles. The lowest BCUT2D eigenvalue weighted by molar-refractivity contribution is -0.0605. The fraction of sp³-hybridized carbons (Fsp3) is 0.500. The number of halogens is 1. The van der Waals surface area contributed by atoms with Crippen LogP contribution in [0.15, 0.2) is 12.1 Å². The van der Waals surface area contributed by atoms with Crippen LogP contribution in [0, 0.1) is 12.7 Å². The third kappa shape index (κ3) is 3.26. The summed E-state index contributed by atoms with van der Waals surface area (Å²) < 4.78 is 18.7. The zero-order valence-corrected chi connectivity index (χ0v) is 11.4. The highest BCUT2D eigenvalue weighted by Crippen LogP contribution is 2.20. The number of anilines is 1. The second-order valence-electron chi connectivity index (χ2n) is 5.19. The molecule has 20 heavy (non-hydrogen) atoms. The van der Waals surface area contributed by atoms with E-state index >= 15 is 0 Å². The lowest BCUT2D eigenvalue weighted by atomic mass is 9.94. The van der Waals surface area contributed by atoms with Crippen LogP contribution in [0.5, 0.6) is 0 Å². The average Bonchev–Trinajstić information content (AvgIpc) is 2.42. The van der Waals surface area contributed by atoms with E-state index in [0.717, 1.165) is 6.07 Å². The first-order valence-corrected chi connectivity index (χ1v) is 6.55.